The fraction of sp³-hybridized carbons (Fsp3) is 1.00. The lowest BCUT2D eigenvalue weighted by Gasteiger charge is -2.27. The van der Waals surface area contributed by atoms with Crippen molar-refractivity contribution in [2.45, 2.75) is 58.3 Å². The van der Waals surface area contributed by atoms with Gasteiger partial charge in [-0.05, 0) is 12.3 Å². The summed E-state index contributed by atoms with van der Waals surface area (Å²) in [5.74, 6) is 0.460. The average molecular weight is 249 g/mol. The Morgan fingerprint density at radius 2 is 1.82 bits per heavy atom. The zero-order valence-corrected chi connectivity index (χ0v) is 11.3. The standard InChI is InChI=1S/C12H27NO4/c1-5-6-7-9(2)8-10(11(14)16-3)13-12(15)17-4/h9-15H,5-8H2,1-4H3. The van der Waals surface area contributed by atoms with Crippen LogP contribution in [-0.2, 0) is 9.47 Å². The number of methoxy groups -OCH3 is 2. The fourth-order valence-electron chi connectivity index (χ4n) is 1.79. The Balaban J connectivity index is 4.17. The van der Waals surface area contributed by atoms with Crippen LogP contribution in [0.3, 0.4) is 0 Å². The van der Waals surface area contributed by atoms with Gasteiger partial charge >= 0.3 is 0 Å². The number of unbranched alkanes of at least 4 members (excludes halogenated alkanes) is 1. The molecule has 5 nitrogen and oxygen atoms in total. The van der Waals surface area contributed by atoms with Gasteiger partial charge in [0.25, 0.3) is 0 Å². The molecule has 3 N–H and O–H groups in total. The van der Waals surface area contributed by atoms with E-state index in [1.165, 1.54) is 20.6 Å². The highest BCUT2D eigenvalue weighted by molar-refractivity contribution is 4.72. The van der Waals surface area contributed by atoms with Crippen LogP contribution in [0.4, 0.5) is 0 Å². The number of ether oxygens (including phenoxy) is 2. The zero-order valence-electron chi connectivity index (χ0n) is 11.3. The first kappa shape index (κ1) is 16.8. The van der Waals surface area contributed by atoms with E-state index in [2.05, 4.69) is 19.2 Å². The maximum absolute atomic E-state index is 9.69. The molecule has 0 bridgehead atoms. The van der Waals surface area contributed by atoms with E-state index in [1.807, 2.05) is 0 Å². The lowest BCUT2D eigenvalue weighted by atomic mass is 9.96. The van der Waals surface area contributed by atoms with E-state index in [1.54, 1.807) is 0 Å². The van der Waals surface area contributed by atoms with Crippen molar-refractivity contribution in [1.82, 2.24) is 5.32 Å². The van der Waals surface area contributed by atoms with E-state index in [0.717, 1.165) is 19.3 Å². The summed E-state index contributed by atoms with van der Waals surface area (Å²) in [6.07, 6.45) is 2.15. The van der Waals surface area contributed by atoms with Gasteiger partial charge in [0.15, 0.2) is 6.29 Å². The van der Waals surface area contributed by atoms with Crippen molar-refractivity contribution in [3.05, 3.63) is 0 Å². The molecule has 104 valence electrons. The molecule has 0 aliphatic rings. The smallest absolute Gasteiger partial charge is 0.213 e. The molecule has 0 fully saturated rings. The monoisotopic (exact) mass is 249 g/mol. The van der Waals surface area contributed by atoms with E-state index in [9.17, 15) is 10.2 Å². The molecule has 0 rings (SSSR count). The third-order valence-electron chi connectivity index (χ3n) is 2.87. The highest BCUT2D eigenvalue weighted by atomic mass is 16.6. The van der Waals surface area contributed by atoms with Crippen molar-refractivity contribution in [2.24, 2.45) is 5.92 Å². The molecule has 4 unspecified atom stereocenters. The molecule has 0 heterocycles. The quantitative estimate of drug-likeness (QED) is 0.505. The molecular weight excluding hydrogens is 222 g/mol. The van der Waals surface area contributed by atoms with Crippen molar-refractivity contribution in [3.8, 4) is 0 Å². The zero-order chi connectivity index (χ0) is 13.3. The van der Waals surface area contributed by atoms with Crippen LogP contribution in [0.25, 0.3) is 0 Å². The summed E-state index contributed by atoms with van der Waals surface area (Å²) in [5, 5.41) is 21.8. The Labute approximate surface area is 104 Å². The lowest BCUT2D eigenvalue weighted by Crippen LogP contribution is -2.47. The predicted octanol–water partition coefficient (Wildman–Crippen LogP) is 1.05. The van der Waals surface area contributed by atoms with Gasteiger partial charge in [-0.1, -0.05) is 33.1 Å². The average Bonchev–Trinajstić information content (AvgIpc) is 2.34. The molecule has 0 aliphatic heterocycles. The molecule has 5 heteroatoms. The molecule has 0 amide bonds. The molecular formula is C12H27NO4. The van der Waals surface area contributed by atoms with Crippen LogP contribution in [0.5, 0.6) is 0 Å². The summed E-state index contributed by atoms with van der Waals surface area (Å²) in [6.45, 7) is 4.28. The van der Waals surface area contributed by atoms with Crippen molar-refractivity contribution in [2.75, 3.05) is 14.2 Å². The fourth-order valence-corrected chi connectivity index (χ4v) is 1.79. The summed E-state index contributed by atoms with van der Waals surface area (Å²) in [4.78, 5) is 0. The molecule has 0 aliphatic carbocycles. The van der Waals surface area contributed by atoms with Crippen LogP contribution in [0.1, 0.15) is 39.5 Å². The Morgan fingerprint density at radius 3 is 2.29 bits per heavy atom. The lowest BCUT2D eigenvalue weighted by molar-refractivity contribution is -0.150. The van der Waals surface area contributed by atoms with Gasteiger partial charge < -0.3 is 19.7 Å². The molecule has 0 saturated heterocycles. The SMILES string of the molecule is CCCCC(C)CC(NC(O)OC)C(O)OC. The summed E-state index contributed by atoms with van der Waals surface area (Å²) < 4.78 is 9.61. The van der Waals surface area contributed by atoms with Gasteiger partial charge in [-0.15, -0.1) is 0 Å². The summed E-state index contributed by atoms with van der Waals surface area (Å²) in [7, 11) is 2.84. The van der Waals surface area contributed by atoms with Gasteiger partial charge in [0.2, 0.25) is 6.41 Å². The predicted molar refractivity (Wildman–Crippen MR) is 66.3 cm³/mol. The Hall–Kier alpha value is -0.200. The first-order valence-corrected chi connectivity index (χ1v) is 6.22. The van der Waals surface area contributed by atoms with E-state index in [-0.39, 0.29) is 6.04 Å². The van der Waals surface area contributed by atoms with Crippen LogP contribution in [0.15, 0.2) is 0 Å². The van der Waals surface area contributed by atoms with Crippen LogP contribution >= 0.6 is 0 Å². The van der Waals surface area contributed by atoms with Gasteiger partial charge in [0, 0.05) is 14.2 Å². The Kier molecular flexibility index (Phi) is 9.68. The summed E-state index contributed by atoms with van der Waals surface area (Å²) >= 11 is 0. The van der Waals surface area contributed by atoms with Crippen molar-refractivity contribution in [1.29, 1.82) is 0 Å². The van der Waals surface area contributed by atoms with Crippen molar-refractivity contribution in [3.63, 3.8) is 0 Å². The second-order valence-electron chi connectivity index (χ2n) is 4.47. The van der Waals surface area contributed by atoms with E-state index in [0.29, 0.717) is 5.92 Å². The van der Waals surface area contributed by atoms with Crippen LogP contribution in [0.2, 0.25) is 0 Å². The van der Waals surface area contributed by atoms with E-state index in [4.69, 9.17) is 9.47 Å². The molecule has 0 radical (unpaired) electrons. The van der Waals surface area contributed by atoms with Gasteiger partial charge in [-0.25, -0.2) is 0 Å². The van der Waals surface area contributed by atoms with Gasteiger partial charge in [-0.3, -0.25) is 5.32 Å². The van der Waals surface area contributed by atoms with Gasteiger partial charge in [0.05, 0.1) is 6.04 Å². The molecule has 0 spiro atoms. The number of hydrogen-bond donors (Lipinski definition) is 3. The van der Waals surface area contributed by atoms with E-state index >= 15 is 0 Å². The van der Waals surface area contributed by atoms with Crippen molar-refractivity contribution >= 4 is 0 Å². The minimum atomic E-state index is -1.08. The number of aliphatic hydroxyl groups excluding tert-OH is 2. The minimum absolute atomic E-state index is 0.332. The number of nitrogens with one attached hydrogen (secondary N) is 1. The van der Waals surface area contributed by atoms with Gasteiger partial charge in [-0.2, -0.15) is 0 Å². The first-order chi connectivity index (χ1) is 8.04. The molecule has 0 aromatic heterocycles. The number of hydrogen-bond acceptors (Lipinski definition) is 5. The third-order valence-corrected chi connectivity index (χ3v) is 2.87. The maximum atomic E-state index is 9.69. The third kappa shape index (κ3) is 7.68. The number of aliphatic hydroxyl groups is 2. The van der Waals surface area contributed by atoms with Crippen molar-refractivity contribution < 1.29 is 19.7 Å². The first-order valence-electron chi connectivity index (χ1n) is 6.22. The van der Waals surface area contributed by atoms with Crippen LogP contribution in [-0.4, -0.2) is 43.2 Å². The van der Waals surface area contributed by atoms with Crippen LogP contribution in [0, 0.1) is 5.92 Å². The Morgan fingerprint density at radius 1 is 1.18 bits per heavy atom. The second kappa shape index (κ2) is 9.79. The highest BCUT2D eigenvalue weighted by Gasteiger charge is 2.23. The molecule has 0 aromatic rings. The number of rotatable bonds is 10. The largest absolute Gasteiger partial charge is 0.367 e. The summed E-state index contributed by atoms with van der Waals surface area (Å²) in [5.41, 5.74) is 0. The summed E-state index contributed by atoms with van der Waals surface area (Å²) in [6, 6.07) is -0.332. The second-order valence-corrected chi connectivity index (χ2v) is 4.47. The van der Waals surface area contributed by atoms with Gasteiger partial charge in [0.1, 0.15) is 0 Å². The molecule has 0 saturated carbocycles. The highest BCUT2D eigenvalue weighted by Crippen LogP contribution is 2.16. The minimum Gasteiger partial charge on any atom is -0.367 e. The molecule has 17 heavy (non-hydrogen) atoms. The normalized spacial score (nSPS) is 18.7. The van der Waals surface area contributed by atoms with E-state index < -0.39 is 12.7 Å². The topological polar surface area (TPSA) is 71.0 Å². The molecule has 4 atom stereocenters. The Bertz CT molecular complexity index is 180. The van der Waals surface area contributed by atoms with Crippen LogP contribution < -0.4 is 5.32 Å². The maximum Gasteiger partial charge on any atom is 0.213 e. The molecule has 0 aromatic carbocycles.